The van der Waals surface area contributed by atoms with Crippen LogP contribution in [0.15, 0.2) is 35.5 Å². The van der Waals surface area contributed by atoms with Crippen LogP contribution in [0.5, 0.6) is 0 Å². The van der Waals surface area contributed by atoms with Crippen molar-refractivity contribution >= 4 is 17.7 Å². The number of H-pyrrole nitrogens is 1. The third-order valence-corrected chi connectivity index (χ3v) is 3.87. The van der Waals surface area contributed by atoms with Crippen molar-refractivity contribution in [1.29, 1.82) is 0 Å². The van der Waals surface area contributed by atoms with Gasteiger partial charge in [-0.3, -0.25) is 0 Å². The van der Waals surface area contributed by atoms with Crippen molar-refractivity contribution in [3.05, 3.63) is 35.9 Å². The number of nitrogens with one attached hydrogen (secondary N) is 1. The molecular weight excluding hydrogens is 314 g/mol. The summed E-state index contributed by atoms with van der Waals surface area (Å²) in [6.07, 6.45) is -0.713. The number of nitrogens with zero attached hydrogens (tertiary/aromatic N) is 3. The zero-order valence-corrected chi connectivity index (χ0v) is 12.5. The average Bonchev–Trinajstić information content (AvgIpc) is 3.00. The fourth-order valence-electron chi connectivity index (χ4n) is 1.78. The van der Waals surface area contributed by atoms with Gasteiger partial charge in [0, 0.05) is 11.7 Å². The van der Waals surface area contributed by atoms with Gasteiger partial charge in [0.25, 0.3) is 0 Å². The van der Waals surface area contributed by atoms with Gasteiger partial charge in [-0.25, -0.2) is 4.79 Å². The van der Waals surface area contributed by atoms with E-state index in [2.05, 4.69) is 25.4 Å². The molecule has 1 unspecified atom stereocenters. The number of aromatic amines is 1. The summed E-state index contributed by atoms with van der Waals surface area (Å²) in [5.41, 5.74) is 0.640. The van der Waals surface area contributed by atoms with Gasteiger partial charge in [-0.05, 0) is 17.7 Å². The Morgan fingerprint density at radius 3 is 2.73 bits per heavy atom. The molecular formula is C13H14F2N4O2S. The summed E-state index contributed by atoms with van der Waals surface area (Å²) in [7, 11) is 0. The van der Waals surface area contributed by atoms with Gasteiger partial charge in [0.1, 0.15) is 0 Å². The van der Waals surface area contributed by atoms with E-state index in [1.165, 1.54) is 6.92 Å². The average molecular weight is 328 g/mol. The molecule has 0 radical (unpaired) electrons. The number of benzene rings is 1. The van der Waals surface area contributed by atoms with Crippen LogP contribution in [0.1, 0.15) is 24.2 Å². The predicted molar refractivity (Wildman–Crippen MR) is 75.4 cm³/mol. The molecule has 1 N–H and O–H groups in total. The van der Waals surface area contributed by atoms with Crippen LogP contribution in [0, 0.1) is 0 Å². The summed E-state index contributed by atoms with van der Waals surface area (Å²) >= 11 is 1.01. The SMILES string of the molecule is CCOC(=O)C(F)(F)CC(Sc1nn[nH]n1)c1ccccc1. The molecule has 22 heavy (non-hydrogen) atoms. The number of thioether (sulfide) groups is 1. The third-order valence-electron chi connectivity index (χ3n) is 2.76. The van der Waals surface area contributed by atoms with Crippen molar-refractivity contribution in [2.24, 2.45) is 0 Å². The number of carbonyl (C=O) groups is 1. The van der Waals surface area contributed by atoms with Crippen LogP contribution in [-0.4, -0.2) is 39.1 Å². The summed E-state index contributed by atoms with van der Waals surface area (Å²) < 4.78 is 32.5. The van der Waals surface area contributed by atoms with E-state index in [9.17, 15) is 13.6 Å². The molecule has 0 bridgehead atoms. The first kappa shape index (κ1) is 16.3. The molecule has 118 valence electrons. The second kappa shape index (κ2) is 7.30. The Kier molecular flexibility index (Phi) is 5.42. The van der Waals surface area contributed by atoms with Crippen LogP contribution in [0.25, 0.3) is 0 Å². The first-order valence-electron chi connectivity index (χ1n) is 6.53. The Morgan fingerprint density at radius 1 is 1.41 bits per heavy atom. The van der Waals surface area contributed by atoms with Crippen LogP contribution < -0.4 is 0 Å². The lowest BCUT2D eigenvalue weighted by Crippen LogP contribution is -2.32. The number of hydrogen-bond donors (Lipinski definition) is 1. The van der Waals surface area contributed by atoms with E-state index in [1.54, 1.807) is 30.3 Å². The minimum atomic E-state index is -3.59. The van der Waals surface area contributed by atoms with Gasteiger partial charge in [-0.1, -0.05) is 42.1 Å². The Hall–Kier alpha value is -2.03. The number of hydrogen-bond acceptors (Lipinski definition) is 6. The molecule has 0 aliphatic heterocycles. The monoisotopic (exact) mass is 328 g/mol. The van der Waals surface area contributed by atoms with Crippen LogP contribution in [-0.2, 0) is 9.53 Å². The first-order valence-corrected chi connectivity index (χ1v) is 7.41. The van der Waals surface area contributed by atoms with E-state index in [0.29, 0.717) is 5.56 Å². The molecule has 0 aliphatic rings. The second-order valence-corrected chi connectivity index (χ2v) is 5.51. The highest BCUT2D eigenvalue weighted by atomic mass is 32.2. The predicted octanol–water partition coefficient (Wildman–Crippen LogP) is 2.62. The number of alkyl halides is 2. The van der Waals surface area contributed by atoms with Crippen molar-refractivity contribution in [3.63, 3.8) is 0 Å². The zero-order chi connectivity index (χ0) is 16.0. The number of tetrazole rings is 1. The number of carbonyl (C=O) groups excluding carboxylic acids is 1. The van der Waals surface area contributed by atoms with E-state index in [0.717, 1.165) is 11.8 Å². The van der Waals surface area contributed by atoms with Crippen molar-refractivity contribution in [3.8, 4) is 0 Å². The highest BCUT2D eigenvalue weighted by Gasteiger charge is 2.43. The third kappa shape index (κ3) is 4.23. The number of halogens is 2. The zero-order valence-electron chi connectivity index (χ0n) is 11.7. The lowest BCUT2D eigenvalue weighted by atomic mass is 10.1. The van der Waals surface area contributed by atoms with Crippen LogP contribution in [0.2, 0.25) is 0 Å². The second-order valence-electron chi connectivity index (χ2n) is 4.34. The van der Waals surface area contributed by atoms with E-state index < -0.39 is 23.6 Å². The van der Waals surface area contributed by atoms with Crippen molar-refractivity contribution in [1.82, 2.24) is 20.6 Å². The fourth-order valence-corrected chi connectivity index (χ4v) is 2.80. The summed E-state index contributed by atoms with van der Waals surface area (Å²) in [6.45, 7) is 1.39. The van der Waals surface area contributed by atoms with Crippen molar-refractivity contribution < 1.29 is 18.3 Å². The smallest absolute Gasteiger partial charge is 0.377 e. The molecule has 1 atom stereocenters. The maximum absolute atomic E-state index is 14.0. The maximum Gasteiger partial charge on any atom is 0.377 e. The van der Waals surface area contributed by atoms with E-state index in [-0.39, 0.29) is 11.8 Å². The highest BCUT2D eigenvalue weighted by molar-refractivity contribution is 7.99. The number of rotatable bonds is 7. The lowest BCUT2D eigenvalue weighted by Gasteiger charge is -2.21. The van der Waals surface area contributed by atoms with Crippen LogP contribution in [0.3, 0.4) is 0 Å². The molecule has 0 spiro atoms. The molecule has 0 aliphatic carbocycles. The lowest BCUT2D eigenvalue weighted by molar-refractivity contribution is -0.172. The topological polar surface area (TPSA) is 80.8 Å². The molecule has 1 heterocycles. The number of esters is 1. The largest absolute Gasteiger partial charge is 0.462 e. The van der Waals surface area contributed by atoms with Gasteiger partial charge in [0.05, 0.1) is 6.61 Å². The maximum atomic E-state index is 14.0. The highest BCUT2D eigenvalue weighted by Crippen LogP contribution is 2.41. The molecule has 2 rings (SSSR count). The summed E-state index contributed by atoms with van der Waals surface area (Å²) in [5, 5.41) is 12.7. The van der Waals surface area contributed by atoms with Crippen molar-refractivity contribution in [2.75, 3.05) is 6.61 Å². The van der Waals surface area contributed by atoms with Gasteiger partial charge >= 0.3 is 11.9 Å². The van der Waals surface area contributed by atoms with Crippen LogP contribution in [0.4, 0.5) is 8.78 Å². The fraction of sp³-hybridized carbons (Fsp3) is 0.385. The van der Waals surface area contributed by atoms with Gasteiger partial charge in [-0.2, -0.15) is 14.0 Å². The Balaban J connectivity index is 2.19. The minimum absolute atomic E-state index is 0.0948. The van der Waals surface area contributed by atoms with E-state index in [4.69, 9.17) is 0 Å². The normalized spacial score (nSPS) is 12.9. The summed E-state index contributed by atoms with van der Waals surface area (Å²) in [4.78, 5) is 11.4. The first-order chi connectivity index (χ1) is 10.5. The molecule has 1 aromatic heterocycles. The van der Waals surface area contributed by atoms with Gasteiger partial charge < -0.3 is 4.74 Å². The molecule has 9 heteroatoms. The van der Waals surface area contributed by atoms with E-state index in [1.807, 2.05) is 0 Å². The van der Waals surface area contributed by atoms with Gasteiger partial charge in [-0.15, -0.1) is 10.2 Å². The summed E-state index contributed by atoms with van der Waals surface area (Å²) in [6, 6.07) is 8.67. The van der Waals surface area contributed by atoms with Crippen molar-refractivity contribution in [2.45, 2.75) is 29.7 Å². The molecule has 2 aromatic rings. The summed E-state index contributed by atoms with van der Waals surface area (Å²) in [5.74, 6) is -5.11. The minimum Gasteiger partial charge on any atom is -0.462 e. The molecule has 0 amide bonds. The molecule has 0 saturated carbocycles. The molecule has 0 fully saturated rings. The van der Waals surface area contributed by atoms with Gasteiger partial charge in [0.2, 0.25) is 5.16 Å². The van der Waals surface area contributed by atoms with Crippen LogP contribution >= 0.6 is 11.8 Å². The molecule has 0 saturated heterocycles. The molecule has 6 nitrogen and oxygen atoms in total. The van der Waals surface area contributed by atoms with Gasteiger partial charge in [0.15, 0.2) is 0 Å². The Labute approximate surface area is 129 Å². The molecule has 1 aromatic carbocycles. The standard InChI is InChI=1S/C13H14F2N4O2S/c1-2-21-11(20)13(14,15)8-10(9-6-4-3-5-7-9)22-12-16-18-19-17-12/h3-7,10H,2,8H2,1H3,(H,16,17,18,19). The Bertz CT molecular complexity index is 595. The number of aromatic nitrogens is 4. The quantitative estimate of drug-likeness (QED) is 0.621. The Morgan fingerprint density at radius 2 is 2.14 bits per heavy atom. The number of ether oxygens (including phenoxy) is 1. The van der Waals surface area contributed by atoms with E-state index >= 15 is 0 Å².